The number of aryl methyl sites for hydroxylation is 2. The van der Waals surface area contributed by atoms with Gasteiger partial charge in [-0.1, -0.05) is 6.07 Å². The Morgan fingerprint density at radius 2 is 1.79 bits per heavy atom. The molecule has 156 valence electrons. The van der Waals surface area contributed by atoms with Crippen LogP contribution >= 0.6 is 0 Å². The number of hydrazone groups is 1. The molecule has 0 atom stereocenters. The molecule has 1 amide bonds. The molecule has 0 heterocycles. The van der Waals surface area contributed by atoms with Crippen LogP contribution in [0.3, 0.4) is 0 Å². The lowest BCUT2D eigenvalue weighted by atomic mass is 10.1. The fourth-order valence-corrected chi connectivity index (χ4v) is 3.38. The zero-order chi connectivity index (χ0) is 21.6. The monoisotopic (exact) mass is 417 g/mol. The molecule has 8 heteroatoms. The number of nitrogens with one attached hydrogen (secondary N) is 1. The first-order chi connectivity index (χ1) is 13.6. The van der Waals surface area contributed by atoms with E-state index >= 15 is 0 Å². The first-order valence-corrected chi connectivity index (χ1v) is 11.0. The molecule has 0 fully saturated rings. The molecule has 1 N–H and O–H groups in total. The third kappa shape index (κ3) is 6.90. The maximum Gasteiger partial charge on any atom is 0.260 e. The summed E-state index contributed by atoms with van der Waals surface area (Å²) in [6.07, 6.45) is 2.64. The second-order valence-electron chi connectivity index (χ2n) is 7.07. The largest absolute Gasteiger partial charge is 0.491 e. The number of anilines is 1. The summed E-state index contributed by atoms with van der Waals surface area (Å²) in [4.78, 5) is 12.2. The van der Waals surface area contributed by atoms with Gasteiger partial charge in [0.25, 0.3) is 5.91 Å². The van der Waals surface area contributed by atoms with E-state index in [0.29, 0.717) is 5.69 Å². The van der Waals surface area contributed by atoms with Crippen molar-refractivity contribution in [3.8, 4) is 5.75 Å². The van der Waals surface area contributed by atoms with E-state index in [2.05, 4.69) is 10.5 Å². The number of benzene rings is 2. The standard InChI is InChI=1S/C21H27N3O4S/c1-15(2)28-20-10-7-18(8-11-20)13-22-23-21(25)14-24(29(5,26)27)19-9-6-16(3)17(4)12-19/h6-13,15H,14H2,1-5H3,(H,23,25)/b22-13-. The summed E-state index contributed by atoms with van der Waals surface area (Å²) in [6.45, 7) is 7.36. The molecule has 0 spiro atoms. The van der Waals surface area contributed by atoms with Crippen molar-refractivity contribution in [2.45, 2.75) is 33.8 Å². The van der Waals surface area contributed by atoms with E-state index in [0.717, 1.165) is 33.0 Å². The van der Waals surface area contributed by atoms with E-state index < -0.39 is 15.9 Å². The van der Waals surface area contributed by atoms with Gasteiger partial charge in [0.1, 0.15) is 12.3 Å². The number of carbonyl (C=O) groups is 1. The Hall–Kier alpha value is -2.87. The molecule has 7 nitrogen and oxygen atoms in total. The topological polar surface area (TPSA) is 88.1 Å². The Morgan fingerprint density at radius 1 is 1.14 bits per heavy atom. The Kier molecular flexibility index (Phi) is 7.39. The van der Waals surface area contributed by atoms with Crippen LogP contribution in [0.1, 0.15) is 30.5 Å². The quantitative estimate of drug-likeness (QED) is 0.528. The van der Waals surface area contributed by atoms with E-state index in [4.69, 9.17) is 4.74 Å². The van der Waals surface area contributed by atoms with Crippen LogP contribution in [0.2, 0.25) is 0 Å². The summed E-state index contributed by atoms with van der Waals surface area (Å²) in [7, 11) is -3.63. The van der Waals surface area contributed by atoms with Gasteiger partial charge >= 0.3 is 0 Å². The number of rotatable bonds is 8. The second-order valence-corrected chi connectivity index (χ2v) is 8.97. The Balaban J connectivity index is 2.03. The highest BCUT2D eigenvalue weighted by Crippen LogP contribution is 2.21. The van der Waals surface area contributed by atoms with Crippen LogP contribution in [0, 0.1) is 13.8 Å². The van der Waals surface area contributed by atoms with Gasteiger partial charge in [-0.2, -0.15) is 5.10 Å². The number of hydrogen-bond donors (Lipinski definition) is 1. The lowest BCUT2D eigenvalue weighted by molar-refractivity contribution is -0.119. The predicted octanol–water partition coefficient (Wildman–Crippen LogP) is 3.01. The number of hydrogen-bond acceptors (Lipinski definition) is 5. The van der Waals surface area contributed by atoms with Gasteiger partial charge in [-0.15, -0.1) is 0 Å². The maximum atomic E-state index is 12.2. The van der Waals surface area contributed by atoms with Crippen molar-refractivity contribution in [3.63, 3.8) is 0 Å². The molecule has 0 aliphatic rings. The molecule has 0 aliphatic heterocycles. The minimum absolute atomic E-state index is 0.0870. The fourth-order valence-electron chi connectivity index (χ4n) is 2.53. The molecule has 0 radical (unpaired) electrons. The average molecular weight is 418 g/mol. The second kappa shape index (κ2) is 9.56. The molecule has 0 aromatic heterocycles. The van der Waals surface area contributed by atoms with Gasteiger partial charge in [0.05, 0.1) is 24.3 Å². The van der Waals surface area contributed by atoms with Gasteiger partial charge < -0.3 is 4.74 Å². The summed E-state index contributed by atoms with van der Waals surface area (Å²) in [6, 6.07) is 12.5. The third-order valence-corrected chi connectivity index (χ3v) is 5.26. The average Bonchev–Trinajstić information content (AvgIpc) is 2.62. The van der Waals surface area contributed by atoms with Crippen molar-refractivity contribution in [1.82, 2.24) is 5.43 Å². The van der Waals surface area contributed by atoms with Crippen molar-refractivity contribution >= 4 is 27.8 Å². The predicted molar refractivity (Wildman–Crippen MR) is 116 cm³/mol. The Morgan fingerprint density at radius 3 is 2.34 bits per heavy atom. The Labute approximate surface area is 172 Å². The number of nitrogens with zero attached hydrogens (tertiary/aromatic N) is 2. The summed E-state index contributed by atoms with van der Waals surface area (Å²) in [5.41, 5.74) is 5.57. The van der Waals surface area contributed by atoms with Gasteiger partial charge in [-0.05, 0) is 80.8 Å². The van der Waals surface area contributed by atoms with E-state index in [9.17, 15) is 13.2 Å². The van der Waals surface area contributed by atoms with Crippen molar-refractivity contribution in [3.05, 3.63) is 59.2 Å². The van der Waals surface area contributed by atoms with Crippen LogP contribution in [-0.2, 0) is 14.8 Å². The summed E-state index contributed by atoms with van der Waals surface area (Å²) >= 11 is 0. The minimum Gasteiger partial charge on any atom is -0.491 e. The first-order valence-electron chi connectivity index (χ1n) is 9.20. The summed E-state index contributed by atoms with van der Waals surface area (Å²) in [5.74, 6) is 0.211. The van der Waals surface area contributed by atoms with E-state index in [1.165, 1.54) is 6.21 Å². The van der Waals surface area contributed by atoms with Crippen LogP contribution in [0.4, 0.5) is 5.69 Å². The zero-order valence-electron chi connectivity index (χ0n) is 17.3. The third-order valence-electron chi connectivity index (χ3n) is 4.12. The maximum absolute atomic E-state index is 12.2. The molecule has 0 saturated heterocycles. The number of ether oxygens (including phenoxy) is 1. The molecule has 29 heavy (non-hydrogen) atoms. The van der Waals surface area contributed by atoms with Crippen molar-refractivity contribution in [2.75, 3.05) is 17.1 Å². The van der Waals surface area contributed by atoms with Gasteiger partial charge in [0.15, 0.2) is 0 Å². The van der Waals surface area contributed by atoms with Crippen molar-refractivity contribution < 1.29 is 17.9 Å². The highest BCUT2D eigenvalue weighted by molar-refractivity contribution is 7.92. The summed E-state index contributed by atoms with van der Waals surface area (Å²) < 4.78 is 31.0. The van der Waals surface area contributed by atoms with E-state index in [-0.39, 0.29) is 12.6 Å². The molecule has 0 bridgehead atoms. The van der Waals surface area contributed by atoms with Gasteiger partial charge in [0.2, 0.25) is 10.0 Å². The van der Waals surface area contributed by atoms with Crippen LogP contribution in [0.5, 0.6) is 5.75 Å². The molecule has 0 saturated carbocycles. The number of amides is 1. The molecule has 2 aromatic rings. The molecular formula is C21H27N3O4S. The first kappa shape index (κ1) is 22.4. The Bertz CT molecular complexity index is 983. The highest BCUT2D eigenvalue weighted by Gasteiger charge is 2.21. The molecule has 2 aromatic carbocycles. The van der Waals surface area contributed by atoms with E-state index in [1.807, 2.05) is 58.0 Å². The molecule has 0 unspecified atom stereocenters. The fraction of sp³-hybridized carbons (Fsp3) is 0.333. The van der Waals surface area contributed by atoms with Gasteiger partial charge in [0, 0.05) is 0 Å². The van der Waals surface area contributed by atoms with Crippen LogP contribution in [-0.4, -0.2) is 39.4 Å². The lowest BCUT2D eigenvalue weighted by Gasteiger charge is -2.22. The minimum atomic E-state index is -3.63. The van der Waals surface area contributed by atoms with Crippen LogP contribution < -0.4 is 14.5 Å². The normalized spacial score (nSPS) is 11.7. The number of carbonyl (C=O) groups excluding carboxylic acids is 1. The summed E-state index contributed by atoms with van der Waals surface area (Å²) in [5, 5.41) is 3.91. The smallest absolute Gasteiger partial charge is 0.260 e. The lowest BCUT2D eigenvalue weighted by Crippen LogP contribution is -2.39. The van der Waals surface area contributed by atoms with E-state index in [1.54, 1.807) is 12.1 Å². The number of sulfonamides is 1. The van der Waals surface area contributed by atoms with Crippen LogP contribution in [0.25, 0.3) is 0 Å². The van der Waals surface area contributed by atoms with Crippen LogP contribution in [0.15, 0.2) is 47.6 Å². The SMILES string of the molecule is Cc1ccc(N(CC(=O)N/N=C\c2ccc(OC(C)C)cc2)S(C)(=O)=O)cc1C. The molecule has 2 rings (SSSR count). The van der Waals surface area contributed by atoms with Gasteiger partial charge in [-0.25, -0.2) is 13.8 Å². The van der Waals surface area contributed by atoms with Crippen molar-refractivity contribution in [2.24, 2.45) is 5.10 Å². The van der Waals surface area contributed by atoms with Gasteiger partial charge in [-0.3, -0.25) is 9.10 Å². The highest BCUT2D eigenvalue weighted by atomic mass is 32.2. The zero-order valence-corrected chi connectivity index (χ0v) is 18.2. The van der Waals surface area contributed by atoms with Crippen molar-refractivity contribution in [1.29, 1.82) is 0 Å². The molecule has 0 aliphatic carbocycles. The molecular weight excluding hydrogens is 390 g/mol.